The Kier molecular flexibility index (Phi) is 4.58. The lowest BCUT2D eigenvalue weighted by atomic mass is 9.99. The van der Waals surface area contributed by atoms with Crippen molar-refractivity contribution in [3.63, 3.8) is 0 Å². The molecule has 5 atom stereocenters. The van der Waals surface area contributed by atoms with Crippen LogP contribution in [0.3, 0.4) is 0 Å². The Morgan fingerprint density at radius 1 is 1.24 bits per heavy atom. The molecule has 2 aliphatic rings. The van der Waals surface area contributed by atoms with E-state index in [1.165, 1.54) is 6.07 Å². The van der Waals surface area contributed by atoms with E-state index in [4.69, 9.17) is 11.6 Å². The molecule has 2 fully saturated rings. The van der Waals surface area contributed by atoms with Crippen LogP contribution in [0, 0.1) is 23.6 Å². The summed E-state index contributed by atoms with van der Waals surface area (Å²) in [6, 6.07) is 12.5. The van der Waals surface area contributed by atoms with E-state index in [0.717, 1.165) is 24.6 Å². The van der Waals surface area contributed by atoms with Gasteiger partial charge < -0.3 is 5.32 Å². The van der Waals surface area contributed by atoms with E-state index >= 15 is 0 Å². The maximum atomic E-state index is 14.3. The van der Waals surface area contributed by atoms with E-state index in [1.54, 1.807) is 36.5 Å². The van der Waals surface area contributed by atoms with E-state index in [0.29, 0.717) is 33.9 Å². The average Bonchev–Trinajstić information content (AvgIpc) is 3.08. The number of carbonyl (C=O) groups is 1. The quantitative estimate of drug-likeness (QED) is 0.624. The molecule has 0 aliphatic heterocycles. The van der Waals surface area contributed by atoms with Gasteiger partial charge in [-0.15, -0.1) is 0 Å². The molecule has 2 aliphatic carbocycles. The Labute approximate surface area is 174 Å². The number of amides is 1. The minimum atomic E-state index is -0.209. The highest BCUT2D eigenvalue weighted by Crippen LogP contribution is 2.62. The zero-order valence-corrected chi connectivity index (χ0v) is 16.9. The van der Waals surface area contributed by atoms with Crippen molar-refractivity contribution >= 4 is 28.4 Å². The molecule has 4 nitrogen and oxygen atoms in total. The summed E-state index contributed by atoms with van der Waals surface area (Å²) in [4.78, 5) is 12.6. The van der Waals surface area contributed by atoms with Gasteiger partial charge in [-0.3, -0.25) is 9.48 Å². The van der Waals surface area contributed by atoms with Gasteiger partial charge in [-0.1, -0.05) is 30.7 Å². The van der Waals surface area contributed by atoms with Gasteiger partial charge in [-0.25, -0.2) is 4.39 Å². The molecule has 0 spiro atoms. The topological polar surface area (TPSA) is 46.9 Å². The second-order valence-electron chi connectivity index (χ2n) is 8.29. The zero-order chi connectivity index (χ0) is 20.1. The summed E-state index contributed by atoms with van der Waals surface area (Å²) in [5, 5.41) is 9.17. The molecule has 2 saturated carbocycles. The first-order valence-electron chi connectivity index (χ1n) is 10.2. The molecule has 1 heterocycles. The largest absolute Gasteiger partial charge is 0.349 e. The molecule has 29 heavy (non-hydrogen) atoms. The fraction of sp³-hybridized carbons (Fsp3) is 0.391. The van der Waals surface area contributed by atoms with Crippen LogP contribution >= 0.6 is 11.6 Å². The molecule has 0 radical (unpaired) electrons. The van der Waals surface area contributed by atoms with Crippen LogP contribution in [0.5, 0.6) is 0 Å². The Morgan fingerprint density at radius 2 is 1.97 bits per heavy atom. The summed E-state index contributed by atoms with van der Waals surface area (Å²) < 4.78 is 16.2. The molecule has 5 rings (SSSR count). The number of carbonyl (C=O) groups excluding carboxylic acids is 1. The van der Waals surface area contributed by atoms with E-state index in [9.17, 15) is 9.18 Å². The van der Waals surface area contributed by atoms with Gasteiger partial charge in [0, 0.05) is 22.0 Å². The van der Waals surface area contributed by atoms with Gasteiger partial charge in [0.2, 0.25) is 0 Å². The molecule has 0 saturated heterocycles. The monoisotopic (exact) mass is 411 g/mol. The molecule has 1 N–H and O–H groups in total. The van der Waals surface area contributed by atoms with Crippen LogP contribution < -0.4 is 5.32 Å². The van der Waals surface area contributed by atoms with Gasteiger partial charge in [-0.2, -0.15) is 5.10 Å². The third-order valence-corrected chi connectivity index (χ3v) is 6.98. The van der Waals surface area contributed by atoms with Crippen molar-refractivity contribution in [3.05, 3.63) is 65.1 Å². The van der Waals surface area contributed by atoms with E-state index in [-0.39, 0.29) is 23.8 Å². The third-order valence-electron chi connectivity index (χ3n) is 6.73. The fourth-order valence-corrected chi connectivity index (χ4v) is 5.45. The SMILES string of the molecule is CCC(NC(=O)c1ccc(Cl)cc1)C1[C@H]2CC(n3ncc4cccc(F)c43)C[C@@H]12. The standard InChI is InChI=1S/C23H23ClFN3O/c1-2-20(27-23(29)13-6-8-15(24)9-7-13)21-17-10-16(11-18(17)21)28-22-14(12-26-28)4-3-5-19(22)25/h3-9,12,16-18,20-21H,2,10-11H2,1H3,(H,27,29)/t16?,17-,18+,20?,21?. The number of nitrogens with one attached hydrogen (secondary N) is 1. The van der Waals surface area contributed by atoms with Crippen LogP contribution in [0.15, 0.2) is 48.7 Å². The summed E-state index contributed by atoms with van der Waals surface area (Å²) in [6.07, 6.45) is 4.64. The highest BCUT2D eigenvalue weighted by Gasteiger charge is 2.59. The Morgan fingerprint density at radius 3 is 2.66 bits per heavy atom. The Hall–Kier alpha value is -2.40. The van der Waals surface area contributed by atoms with Crippen molar-refractivity contribution < 1.29 is 9.18 Å². The van der Waals surface area contributed by atoms with Crippen LogP contribution in [0.1, 0.15) is 42.6 Å². The van der Waals surface area contributed by atoms with Gasteiger partial charge in [0.25, 0.3) is 5.91 Å². The van der Waals surface area contributed by atoms with Crippen molar-refractivity contribution in [2.75, 3.05) is 0 Å². The number of benzene rings is 2. The summed E-state index contributed by atoms with van der Waals surface area (Å²) in [5.41, 5.74) is 1.24. The first kappa shape index (κ1) is 18.6. The molecule has 1 amide bonds. The molecule has 6 heteroatoms. The van der Waals surface area contributed by atoms with Crippen LogP contribution in [-0.4, -0.2) is 21.7 Å². The summed E-state index contributed by atoms with van der Waals surface area (Å²) >= 11 is 5.91. The van der Waals surface area contributed by atoms with Crippen molar-refractivity contribution in [3.8, 4) is 0 Å². The van der Waals surface area contributed by atoms with Gasteiger partial charge in [0.05, 0.1) is 12.2 Å². The summed E-state index contributed by atoms with van der Waals surface area (Å²) in [7, 11) is 0. The minimum Gasteiger partial charge on any atom is -0.349 e. The predicted molar refractivity (Wildman–Crippen MR) is 111 cm³/mol. The van der Waals surface area contributed by atoms with Crippen molar-refractivity contribution in [2.45, 2.75) is 38.3 Å². The Balaban J connectivity index is 1.26. The molecule has 3 unspecified atom stereocenters. The number of hydrogen-bond acceptors (Lipinski definition) is 2. The summed E-state index contributed by atoms with van der Waals surface area (Å²) in [5.74, 6) is 1.39. The van der Waals surface area contributed by atoms with E-state index in [2.05, 4.69) is 17.3 Å². The Bertz CT molecular complexity index is 1050. The normalized spacial score (nSPS) is 26.3. The highest BCUT2D eigenvalue weighted by atomic mass is 35.5. The lowest BCUT2D eigenvalue weighted by Gasteiger charge is -2.22. The molecule has 150 valence electrons. The number of nitrogens with zero attached hydrogens (tertiary/aromatic N) is 2. The van der Waals surface area contributed by atoms with Gasteiger partial charge in [0.1, 0.15) is 11.3 Å². The maximum absolute atomic E-state index is 14.3. The lowest BCUT2D eigenvalue weighted by Crippen LogP contribution is -2.37. The lowest BCUT2D eigenvalue weighted by molar-refractivity contribution is 0.0926. The van der Waals surface area contributed by atoms with Crippen LogP contribution in [0.2, 0.25) is 5.02 Å². The molecule has 1 aromatic heterocycles. The second-order valence-corrected chi connectivity index (χ2v) is 8.73. The van der Waals surface area contributed by atoms with Crippen LogP contribution in [0.25, 0.3) is 10.9 Å². The number of hydrogen-bond donors (Lipinski definition) is 1. The first-order chi connectivity index (χ1) is 14.1. The third kappa shape index (κ3) is 3.21. The molecule has 2 aromatic carbocycles. The first-order valence-corrected chi connectivity index (χ1v) is 10.6. The zero-order valence-electron chi connectivity index (χ0n) is 16.2. The van der Waals surface area contributed by atoms with Crippen molar-refractivity contribution in [2.24, 2.45) is 17.8 Å². The number of para-hydroxylation sites is 1. The number of aromatic nitrogens is 2. The number of fused-ring (bicyclic) bond motifs is 2. The van der Waals surface area contributed by atoms with Crippen LogP contribution in [-0.2, 0) is 0 Å². The fourth-order valence-electron chi connectivity index (χ4n) is 5.32. The van der Waals surface area contributed by atoms with Gasteiger partial charge >= 0.3 is 0 Å². The number of rotatable bonds is 5. The van der Waals surface area contributed by atoms with Gasteiger partial charge in [0.15, 0.2) is 0 Å². The smallest absolute Gasteiger partial charge is 0.251 e. The molecule has 3 aromatic rings. The maximum Gasteiger partial charge on any atom is 0.251 e. The minimum absolute atomic E-state index is 0.0461. The molecular formula is C23H23ClFN3O. The highest BCUT2D eigenvalue weighted by molar-refractivity contribution is 6.30. The van der Waals surface area contributed by atoms with E-state index < -0.39 is 0 Å². The summed E-state index contributed by atoms with van der Waals surface area (Å²) in [6.45, 7) is 2.12. The molecular weight excluding hydrogens is 389 g/mol. The predicted octanol–water partition coefficient (Wildman–Crippen LogP) is 5.23. The average molecular weight is 412 g/mol. The second kappa shape index (κ2) is 7.13. The van der Waals surface area contributed by atoms with E-state index in [1.807, 2.05) is 10.7 Å². The van der Waals surface area contributed by atoms with Crippen LogP contribution in [0.4, 0.5) is 4.39 Å². The van der Waals surface area contributed by atoms with Gasteiger partial charge in [-0.05, 0) is 67.3 Å². The molecule has 0 bridgehead atoms. The number of halogens is 2. The van der Waals surface area contributed by atoms with Crippen molar-refractivity contribution in [1.29, 1.82) is 0 Å². The van der Waals surface area contributed by atoms with Crippen molar-refractivity contribution in [1.82, 2.24) is 15.1 Å².